The molecule has 2 rings (SSSR count). The van der Waals surface area contributed by atoms with Crippen molar-refractivity contribution in [1.82, 2.24) is 10.5 Å². The summed E-state index contributed by atoms with van der Waals surface area (Å²) in [6.45, 7) is 2.03. The van der Waals surface area contributed by atoms with Crippen molar-refractivity contribution in [3.05, 3.63) is 52.9 Å². The number of aryl methyl sites for hydroxylation is 1. The van der Waals surface area contributed by atoms with Crippen LogP contribution in [-0.4, -0.2) is 22.1 Å². The van der Waals surface area contributed by atoms with Gasteiger partial charge in [-0.2, -0.15) is 0 Å². The largest absolute Gasteiger partial charge is 0.409 e. The van der Waals surface area contributed by atoms with E-state index in [0.29, 0.717) is 17.8 Å². The van der Waals surface area contributed by atoms with E-state index in [0.717, 1.165) is 5.56 Å². The third kappa shape index (κ3) is 3.14. The van der Waals surface area contributed by atoms with Crippen molar-refractivity contribution in [1.29, 1.82) is 0 Å². The second kappa shape index (κ2) is 5.87. The van der Waals surface area contributed by atoms with Gasteiger partial charge in [-0.3, -0.25) is 4.79 Å². The quantitative estimate of drug-likeness (QED) is 0.333. The summed E-state index contributed by atoms with van der Waals surface area (Å²) in [5.41, 5.74) is 7.54. The predicted molar refractivity (Wildman–Crippen MR) is 71.4 cm³/mol. The number of nitrogens with two attached hydrogens (primary N) is 1. The third-order valence-corrected chi connectivity index (χ3v) is 2.64. The Hall–Kier alpha value is -2.83. The molecule has 0 atom stereocenters. The number of oxime groups is 1. The molecule has 1 aromatic heterocycles. The summed E-state index contributed by atoms with van der Waals surface area (Å²) in [5.74, 6) is -0.168. The van der Waals surface area contributed by atoms with Crippen molar-refractivity contribution in [2.24, 2.45) is 10.9 Å². The lowest BCUT2D eigenvalue weighted by atomic mass is 10.1. The van der Waals surface area contributed by atoms with Crippen LogP contribution in [0.4, 0.5) is 0 Å². The average molecular weight is 274 g/mol. The molecular weight excluding hydrogens is 260 g/mol. The minimum Gasteiger partial charge on any atom is -0.409 e. The highest BCUT2D eigenvalue weighted by molar-refractivity contribution is 5.97. The van der Waals surface area contributed by atoms with Gasteiger partial charge in [-0.1, -0.05) is 28.5 Å². The Kier molecular flexibility index (Phi) is 3.99. The number of nitrogens with zero attached hydrogens (tertiary/aromatic N) is 2. The van der Waals surface area contributed by atoms with E-state index in [1.54, 1.807) is 31.2 Å². The minimum absolute atomic E-state index is 0.0176. The predicted octanol–water partition coefficient (Wildman–Crippen LogP) is 1.01. The van der Waals surface area contributed by atoms with Crippen molar-refractivity contribution in [2.75, 3.05) is 0 Å². The van der Waals surface area contributed by atoms with E-state index >= 15 is 0 Å². The van der Waals surface area contributed by atoms with Crippen LogP contribution in [0.5, 0.6) is 0 Å². The molecular formula is C13H14N4O3. The molecule has 7 heteroatoms. The van der Waals surface area contributed by atoms with E-state index < -0.39 is 0 Å². The van der Waals surface area contributed by atoms with Crippen LogP contribution >= 0.6 is 0 Å². The Morgan fingerprint density at radius 3 is 2.95 bits per heavy atom. The average Bonchev–Trinajstić information content (AvgIpc) is 2.91. The van der Waals surface area contributed by atoms with Crippen LogP contribution in [0.1, 0.15) is 27.4 Å². The second-order valence-electron chi connectivity index (χ2n) is 4.20. The van der Waals surface area contributed by atoms with Crippen LogP contribution in [0.3, 0.4) is 0 Å². The number of carbonyl (C=O) groups is 1. The van der Waals surface area contributed by atoms with Crippen molar-refractivity contribution >= 4 is 11.7 Å². The maximum absolute atomic E-state index is 11.8. The molecule has 2 aromatic rings. The fourth-order valence-corrected chi connectivity index (χ4v) is 1.64. The summed E-state index contributed by atoms with van der Waals surface area (Å²) in [7, 11) is 0. The monoisotopic (exact) mass is 274 g/mol. The first-order valence-corrected chi connectivity index (χ1v) is 5.88. The van der Waals surface area contributed by atoms with E-state index in [2.05, 4.69) is 15.6 Å². The van der Waals surface area contributed by atoms with Gasteiger partial charge in [-0.05, 0) is 18.6 Å². The molecule has 20 heavy (non-hydrogen) atoms. The summed E-state index contributed by atoms with van der Waals surface area (Å²) >= 11 is 0. The van der Waals surface area contributed by atoms with Gasteiger partial charge >= 0.3 is 0 Å². The number of carbonyl (C=O) groups excluding carboxylic acids is 1. The number of nitrogens with one attached hydrogen (secondary N) is 1. The zero-order valence-corrected chi connectivity index (χ0v) is 10.8. The number of hydrogen-bond donors (Lipinski definition) is 3. The standard InChI is InChI=1S/C13H14N4O3/c1-8-5-11(20-17-8)13(18)15-7-9-3-2-4-10(6-9)12(14)16-19/h2-6,19H,7H2,1H3,(H2,14,16)(H,15,18). The molecule has 1 aromatic carbocycles. The highest BCUT2D eigenvalue weighted by Gasteiger charge is 2.11. The molecule has 0 bridgehead atoms. The smallest absolute Gasteiger partial charge is 0.290 e. The number of aromatic nitrogens is 1. The van der Waals surface area contributed by atoms with Crippen LogP contribution in [0.2, 0.25) is 0 Å². The summed E-state index contributed by atoms with van der Waals surface area (Å²) in [6, 6.07) is 8.57. The third-order valence-electron chi connectivity index (χ3n) is 2.64. The number of hydrogen-bond acceptors (Lipinski definition) is 5. The van der Waals surface area contributed by atoms with Crippen molar-refractivity contribution in [2.45, 2.75) is 13.5 Å². The Labute approximate surface area is 115 Å². The van der Waals surface area contributed by atoms with Crippen LogP contribution in [0, 0.1) is 6.92 Å². The fourth-order valence-electron chi connectivity index (χ4n) is 1.64. The zero-order chi connectivity index (χ0) is 14.5. The molecule has 104 valence electrons. The van der Waals surface area contributed by atoms with E-state index in [9.17, 15) is 4.79 Å². The highest BCUT2D eigenvalue weighted by Crippen LogP contribution is 2.06. The molecule has 0 saturated heterocycles. The maximum Gasteiger partial charge on any atom is 0.290 e. The van der Waals surface area contributed by atoms with Gasteiger partial charge < -0.3 is 20.8 Å². The summed E-state index contributed by atoms with van der Waals surface area (Å²) in [4.78, 5) is 11.8. The topological polar surface area (TPSA) is 114 Å². The van der Waals surface area contributed by atoms with Crippen molar-refractivity contribution < 1.29 is 14.5 Å². The molecule has 1 amide bonds. The first kappa shape index (κ1) is 13.6. The molecule has 0 radical (unpaired) electrons. The van der Waals surface area contributed by atoms with Gasteiger partial charge in [-0.25, -0.2) is 0 Å². The van der Waals surface area contributed by atoms with Gasteiger partial charge in [0.15, 0.2) is 5.84 Å². The Balaban J connectivity index is 2.02. The Morgan fingerprint density at radius 2 is 2.30 bits per heavy atom. The second-order valence-corrected chi connectivity index (χ2v) is 4.20. The lowest BCUT2D eigenvalue weighted by Crippen LogP contribution is -2.22. The maximum atomic E-state index is 11.8. The van der Waals surface area contributed by atoms with E-state index in [1.165, 1.54) is 0 Å². The van der Waals surface area contributed by atoms with Gasteiger partial charge in [0.25, 0.3) is 5.91 Å². The van der Waals surface area contributed by atoms with E-state index in [-0.39, 0.29) is 17.5 Å². The van der Waals surface area contributed by atoms with E-state index in [1.807, 2.05) is 6.07 Å². The summed E-state index contributed by atoms with van der Waals surface area (Å²) < 4.78 is 4.86. The van der Waals surface area contributed by atoms with Gasteiger partial charge in [0, 0.05) is 18.2 Å². The molecule has 0 fully saturated rings. The normalized spacial score (nSPS) is 11.3. The molecule has 0 aliphatic heterocycles. The minimum atomic E-state index is -0.347. The molecule has 7 nitrogen and oxygen atoms in total. The van der Waals surface area contributed by atoms with Crippen molar-refractivity contribution in [3.8, 4) is 0 Å². The SMILES string of the molecule is Cc1cc(C(=O)NCc2cccc(C(N)=NO)c2)on1. The van der Waals surface area contributed by atoms with Crippen LogP contribution < -0.4 is 11.1 Å². The zero-order valence-electron chi connectivity index (χ0n) is 10.8. The molecule has 4 N–H and O–H groups in total. The number of benzene rings is 1. The lowest BCUT2D eigenvalue weighted by Gasteiger charge is -2.05. The van der Waals surface area contributed by atoms with Crippen LogP contribution in [-0.2, 0) is 6.54 Å². The van der Waals surface area contributed by atoms with Crippen LogP contribution in [0.25, 0.3) is 0 Å². The number of amides is 1. The van der Waals surface area contributed by atoms with Gasteiger partial charge in [0.05, 0.1) is 5.69 Å². The van der Waals surface area contributed by atoms with E-state index in [4.69, 9.17) is 15.5 Å². The van der Waals surface area contributed by atoms with Gasteiger partial charge in [0.2, 0.25) is 5.76 Å². The first-order chi connectivity index (χ1) is 9.60. The Bertz CT molecular complexity index is 649. The first-order valence-electron chi connectivity index (χ1n) is 5.88. The number of amidine groups is 1. The molecule has 0 aliphatic rings. The summed E-state index contributed by atoms with van der Waals surface area (Å²) in [6.07, 6.45) is 0. The highest BCUT2D eigenvalue weighted by atomic mass is 16.5. The van der Waals surface area contributed by atoms with Crippen LogP contribution in [0.15, 0.2) is 40.0 Å². The lowest BCUT2D eigenvalue weighted by molar-refractivity contribution is 0.0914. The van der Waals surface area contributed by atoms with Gasteiger partial charge in [-0.15, -0.1) is 0 Å². The van der Waals surface area contributed by atoms with Gasteiger partial charge in [0.1, 0.15) is 0 Å². The molecule has 0 unspecified atom stereocenters. The summed E-state index contributed by atoms with van der Waals surface area (Å²) in [5, 5.41) is 17.9. The molecule has 1 heterocycles. The molecule has 0 spiro atoms. The fraction of sp³-hybridized carbons (Fsp3) is 0.154. The molecule has 0 aliphatic carbocycles. The Morgan fingerprint density at radius 1 is 1.50 bits per heavy atom. The molecule has 0 saturated carbocycles. The number of rotatable bonds is 4. The van der Waals surface area contributed by atoms with Crippen molar-refractivity contribution in [3.63, 3.8) is 0 Å².